The van der Waals surface area contributed by atoms with Crippen LogP contribution in [0.1, 0.15) is 28.7 Å². The van der Waals surface area contributed by atoms with E-state index in [4.69, 9.17) is 10.6 Å². The van der Waals surface area contributed by atoms with E-state index in [1.165, 1.54) is 24.3 Å². The van der Waals surface area contributed by atoms with E-state index < -0.39 is 0 Å². The fourth-order valence-corrected chi connectivity index (χ4v) is 2.90. The molecule has 3 rings (SSSR count). The largest absolute Gasteiger partial charge is 0.497 e. The molecule has 1 aliphatic rings. The molecule has 2 unspecified atom stereocenters. The van der Waals surface area contributed by atoms with Crippen LogP contribution in [0.3, 0.4) is 0 Å². The maximum Gasteiger partial charge on any atom is 0.131 e. The van der Waals surface area contributed by atoms with Gasteiger partial charge in [-0.05, 0) is 23.6 Å². The molecule has 20 heavy (non-hydrogen) atoms. The van der Waals surface area contributed by atoms with Crippen molar-refractivity contribution in [3.05, 3.63) is 65.0 Å². The summed E-state index contributed by atoms with van der Waals surface area (Å²) in [5.41, 5.74) is 5.89. The van der Waals surface area contributed by atoms with Gasteiger partial charge in [0.15, 0.2) is 0 Å². The normalized spacial score (nSPS) is 18.1. The summed E-state index contributed by atoms with van der Waals surface area (Å²) >= 11 is 0. The molecule has 1 aliphatic carbocycles. The van der Waals surface area contributed by atoms with E-state index in [1.54, 1.807) is 12.1 Å². The van der Waals surface area contributed by atoms with Gasteiger partial charge in [-0.1, -0.05) is 30.3 Å². The van der Waals surface area contributed by atoms with Crippen LogP contribution in [0.25, 0.3) is 0 Å². The van der Waals surface area contributed by atoms with E-state index in [0.29, 0.717) is 11.3 Å². The molecule has 3 nitrogen and oxygen atoms in total. The van der Waals surface area contributed by atoms with E-state index in [-0.39, 0.29) is 17.8 Å². The van der Waals surface area contributed by atoms with E-state index in [1.807, 2.05) is 12.1 Å². The number of halogens is 1. The Bertz CT molecular complexity index is 630. The molecule has 0 bridgehead atoms. The van der Waals surface area contributed by atoms with E-state index >= 15 is 0 Å². The van der Waals surface area contributed by atoms with Crippen LogP contribution in [-0.2, 0) is 6.42 Å². The smallest absolute Gasteiger partial charge is 0.131 e. The molecule has 3 N–H and O–H groups in total. The van der Waals surface area contributed by atoms with Gasteiger partial charge in [-0.15, -0.1) is 0 Å². The Morgan fingerprint density at radius 2 is 2.10 bits per heavy atom. The fourth-order valence-electron chi connectivity index (χ4n) is 2.90. The van der Waals surface area contributed by atoms with Crippen LogP contribution in [0, 0.1) is 5.82 Å². The minimum Gasteiger partial charge on any atom is -0.497 e. The summed E-state index contributed by atoms with van der Waals surface area (Å²) in [5.74, 6) is 6.09. The first kappa shape index (κ1) is 13.1. The number of fused-ring (bicyclic) bond motifs is 1. The number of rotatable bonds is 4. The van der Waals surface area contributed by atoms with Crippen molar-refractivity contribution in [1.29, 1.82) is 0 Å². The maximum absolute atomic E-state index is 14.2. The number of benzene rings is 2. The zero-order chi connectivity index (χ0) is 14.1. The molecule has 0 fully saturated rings. The number of hydrazine groups is 1. The Hall–Kier alpha value is -1.91. The third-order valence-corrected chi connectivity index (χ3v) is 4.02. The molecule has 104 valence electrons. The van der Waals surface area contributed by atoms with E-state index in [2.05, 4.69) is 17.6 Å². The number of ether oxygens (including phenoxy) is 1. The summed E-state index contributed by atoms with van der Waals surface area (Å²) < 4.78 is 19.2. The van der Waals surface area contributed by atoms with Crippen LogP contribution in [0.2, 0.25) is 0 Å². The first-order valence-corrected chi connectivity index (χ1v) is 6.62. The van der Waals surface area contributed by atoms with E-state index in [0.717, 1.165) is 6.42 Å². The lowest BCUT2D eigenvalue weighted by Gasteiger charge is -2.36. The highest BCUT2D eigenvalue weighted by atomic mass is 19.1. The maximum atomic E-state index is 14.2. The van der Waals surface area contributed by atoms with Crippen LogP contribution in [0.15, 0.2) is 42.5 Å². The average molecular weight is 272 g/mol. The standard InChI is InChI=1S/C16H17FN2O/c1-20-11-6-7-13(15(17)9-11)16(19-18)14-8-10-4-2-3-5-12(10)14/h2-7,9,14,16,19H,8,18H2,1H3. The minimum atomic E-state index is -0.295. The summed E-state index contributed by atoms with van der Waals surface area (Å²) in [6, 6.07) is 12.9. The zero-order valence-corrected chi connectivity index (χ0v) is 11.3. The Labute approximate surface area is 117 Å². The molecule has 0 radical (unpaired) electrons. The van der Waals surface area contributed by atoms with Gasteiger partial charge in [-0.3, -0.25) is 11.3 Å². The third-order valence-electron chi connectivity index (χ3n) is 4.02. The Morgan fingerprint density at radius 1 is 1.30 bits per heavy atom. The monoisotopic (exact) mass is 272 g/mol. The predicted molar refractivity (Wildman–Crippen MR) is 75.9 cm³/mol. The molecular formula is C16H17FN2O. The van der Waals surface area contributed by atoms with Gasteiger partial charge in [0.1, 0.15) is 11.6 Å². The molecule has 2 atom stereocenters. The first-order valence-electron chi connectivity index (χ1n) is 6.62. The summed E-state index contributed by atoms with van der Waals surface area (Å²) in [4.78, 5) is 0. The van der Waals surface area contributed by atoms with Crippen LogP contribution >= 0.6 is 0 Å². The molecule has 0 saturated heterocycles. The second-order valence-corrected chi connectivity index (χ2v) is 5.04. The highest BCUT2D eigenvalue weighted by molar-refractivity contribution is 5.44. The molecule has 4 heteroatoms. The molecule has 0 saturated carbocycles. The lowest BCUT2D eigenvalue weighted by molar-refractivity contribution is 0.394. The van der Waals surface area contributed by atoms with Gasteiger partial charge < -0.3 is 4.74 Å². The van der Waals surface area contributed by atoms with Crippen molar-refractivity contribution in [2.45, 2.75) is 18.4 Å². The molecule has 0 aromatic heterocycles. The van der Waals surface area contributed by atoms with Crippen LogP contribution in [0.5, 0.6) is 5.75 Å². The fraction of sp³-hybridized carbons (Fsp3) is 0.250. The summed E-state index contributed by atoms with van der Waals surface area (Å²) in [7, 11) is 1.52. The van der Waals surface area contributed by atoms with Crippen molar-refractivity contribution in [2.24, 2.45) is 5.84 Å². The van der Waals surface area contributed by atoms with Gasteiger partial charge in [0.25, 0.3) is 0 Å². The van der Waals surface area contributed by atoms with Crippen molar-refractivity contribution in [3.63, 3.8) is 0 Å². The average Bonchev–Trinajstić information content (AvgIpc) is 2.45. The molecule has 0 amide bonds. The van der Waals surface area contributed by atoms with Crippen molar-refractivity contribution >= 4 is 0 Å². The molecule has 0 heterocycles. The highest BCUT2D eigenvalue weighted by Gasteiger charge is 2.34. The highest BCUT2D eigenvalue weighted by Crippen LogP contribution is 2.43. The van der Waals surface area contributed by atoms with Crippen molar-refractivity contribution in [2.75, 3.05) is 7.11 Å². The van der Waals surface area contributed by atoms with Crippen molar-refractivity contribution in [3.8, 4) is 5.75 Å². The SMILES string of the molecule is COc1ccc(C(NN)C2Cc3ccccc32)c(F)c1. The predicted octanol–water partition coefficient (Wildman–Crippen LogP) is 2.68. The number of hydrogen-bond acceptors (Lipinski definition) is 3. The molecular weight excluding hydrogens is 255 g/mol. The summed E-state index contributed by atoms with van der Waals surface area (Å²) in [5, 5.41) is 0. The number of methoxy groups -OCH3 is 1. The topological polar surface area (TPSA) is 47.3 Å². The second kappa shape index (κ2) is 5.23. The summed E-state index contributed by atoms with van der Waals surface area (Å²) in [6.07, 6.45) is 0.913. The molecule has 2 aromatic carbocycles. The first-order chi connectivity index (χ1) is 9.74. The quantitative estimate of drug-likeness (QED) is 0.664. The lowest BCUT2D eigenvalue weighted by Crippen LogP contribution is -2.37. The minimum absolute atomic E-state index is 0.207. The van der Waals surface area contributed by atoms with E-state index in [9.17, 15) is 4.39 Å². The molecule has 0 spiro atoms. The number of hydrogen-bond donors (Lipinski definition) is 2. The summed E-state index contributed by atoms with van der Waals surface area (Å²) in [6.45, 7) is 0. The van der Waals surface area contributed by atoms with Crippen molar-refractivity contribution in [1.82, 2.24) is 5.43 Å². The molecule has 0 aliphatic heterocycles. The number of nitrogens with one attached hydrogen (secondary N) is 1. The third kappa shape index (κ3) is 2.07. The number of nitrogens with two attached hydrogens (primary N) is 1. The Balaban J connectivity index is 1.92. The zero-order valence-electron chi connectivity index (χ0n) is 11.3. The van der Waals surface area contributed by atoms with Crippen LogP contribution in [0.4, 0.5) is 4.39 Å². The molecule has 2 aromatic rings. The lowest BCUT2D eigenvalue weighted by atomic mass is 9.72. The van der Waals surface area contributed by atoms with Gasteiger partial charge in [0.05, 0.1) is 13.2 Å². The van der Waals surface area contributed by atoms with Crippen molar-refractivity contribution < 1.29 is 9.13 Å². The Kier molecular flexibility index (Phi) is 3.42. The van der Waals surface area contributed by atoms with Gasteiger partial charge in [0, 0.05) is 17.5 Å². The van der Waals surface area contributed by atoms with Gasteiger partial charge in [-0.25, -0.2) is 4.39 Å². The van der Waals surface area contributed by atoms with Gasteiger partial charge in [-0.2, -0.15) is 0 Å². The second-order valence-electron chi connectivity index (χ2n) is 5.04. The van der Waals surface area contributed by atoms with Gasteiger partial charge >= 0.3 is 0 Å². The van der Waals surface area contributed by atoms with Crippen LogP contribution in [-0.4, -0.2) is 7.11 Å². The van der Waals surface area contributed by atoms with Crippen LogP contribution < -0.4 is 16.0 Å². The Morgan fingerprint density at radius 3 is 2.75 bits per heavy atom. The van der Waals surface area contributed by atoms with Gasteiger partial charge in [0.2, 0.25) is 0 Å².